The molecule has 0 aliphatic rings. The molecule has 1 unspecified atom stereocenters. The Labute approximate surface area is 101 Å². The van der Waals surface area contributed by atoms with Gasteiger partial charge in [0.15, 0.2) is 0 Å². The number of hydrogen-bond acceptors (Lipinski definition) is 3. The molecule has 0 aliphatic carbocycles. The Morgan fingerprint density at radius 1 is 1.53 bits per heavy atom. The van der Waals surface area contributed by atoms with Crippen molar-refractivity contribution < 1.29 is 14.6 Å². The maximum absolute atomic E-state index is 10.7. The first-order chi connectivity index (χ1) is 8.06. The predicted molar refractivity (Wildman–Crippen MR) is 66.2 cm³/mol. The normalized spacial score (nSPS) is 12.2. The Balaban J connectivity index is 2.84. The number of benzene rings is 1. The minimum atomic E-state index is -0.813. The molecule has 1 aromatic rings. The van der Waals surface area contributed by atoms with E-state index < -0.39 is 5.97 Å². The van der Waals surface area contributed by atoms with Crippen molar-refractivity contribution in [2.24, 2.45) is 11.7 Å². The highest BCUT2D eigenvalue weighted by molar-refractivity contribution is 5.67. The molecule has 1 aromatic carbocycles. The minimum Gasteiger partial charge on any atom is -0.496 e. The summed E-state index contributed by atoms with van der Waals surface area (Å²) >= 11 is 0. The van der Waals surface area contributed by atoms with Crippen molar-refractivity contribution in [1.82, 2.24) is 0 Å². The fourth-order valence-corrected chi connectivity index (χ4v) is 1.86. The molecule has 4 nitrogen and oxygen atoms in total. The number of carboxylic acids is 1. The predicted octanol–water partition coefficient (Wildman–Crippen LogP) is 1.60. The van der Waals surface area contributed by atoms with Crippen LogP contribution in [0.3, 0.4) is 0 Å². The first-order valence-electron chi connectivity index (χ1n) is 5.62. The highest BCUT2D eigenvalue weighted by Gasteiger charge is 2.14. The number of aryl methyl sites for hydroxylation is 1. The monoisotopic (exact) mass is 237 g/mol. The molecule has 0 saturated heterocycles. The van der Waals surface area contributed by atoms with Gasteiger partial charge in [0.1, 0.15) is 5.75 Å². The second-order valence-electron chi connectivity index (χ2n) is 4.22. The lowest BCUT2D eigenvalue weighted by atomic mass is 9.95. The average Bonchev–Trinajstić information content (AvgIpc) is 2.28. The van der Waals surface area contributed by atoms with Crippen LogP contribution in [0, 0.1) is 12.8 Å². The molecule has 0 spiro atoms. The van der Waals surface area contributed by atoms with E-state index in [1.807, 2.05) is 25.1 Å². The molecular weight excluding hydrogens is 218 g/mol. The van der Waals surface area contributed by atoms with E-state index in [0.717, 1.165) is 16.9 Å². The van der Waals surface area contributed by atoms with Crippen LogP contribution in [0.25, 0.3) is 0 Å². The summed E-state index contributed by atoms with van der Waals surface area (Å²) in [7, 11) is 1.61. The number of carboxylic acid groups (broad SMARTS) is 1. The molecule has 0 saturated carbocycles. The van der Waals surface area contributed by atoms with E-state index in [1.54, 1.807) is 7.11 Å². The summed E-state index contributed by atoms with van der Waals surface area (Å²) in [5.41, 5.74) is 7.74. The molecular formula is C13H19NO3. The van der Waals surface area contributed by atoms with Gasteiger partial charge in [0.25, 0.3) is 0 Å². The number of ether oxygens (including phenoxy) is 1. The highest BCUT2D eigenvalue weighted by Crippen LogP contribution is 2.23. The largest absolute Gasteiger partial charge is 0.496 e. The Bertz CT molecular complexity index is 390. The molecule has 0 fully saturated rings. The summed E-state index contributed by atoms with van der Waals surface area (Å²) in [5, 5.41) is 8.79. The van der Waals surface area contributed by atoms with Gasteiger partial charge in [-0.2, -0.15) is 0 Å². The number of rotatable bonds is 6. The Kier molecular flexibility index (Phi) is 4.97. The van der Waals surface area contributed by atoms with Crippen molar-refractivity contribution >= 4 is 5.97 Å². The molecule has 0 bridgehead atoms. The van der Waals surface area contributed by atoms with Gasteiger partial charge in [-0.25, -0.2) is 0 Å². The first-order valence-corrected chi connectivity index (χ1v) is 5.62. The third kappa shape index (κ3) is 4.07. The van der Waals surface area contributed by atoms with Crippen molar-refractivity contribution in [1.29, 1.82) is 0 Å². The molecule has 17 heavy (non-hydrogen) atoms. The van der Waals surface area contributed by atoms with Crippen LogP contribution < -0.4 is 10.5 Å². The van der Waals surface area contributed by atoms with Crippen molar-refractivity contribution in [3.8, 4) is 5.75 Å². The molecule has 1 rings (SSSR count). The number of aliphatic carboxylic acids is 1. The van der Waals surface area contributed by atoms with E-state index in [9.17, 15) is 4.79 Å². The zero-order valence-electron chi connectivity index (χ0n) is 10.3. The standard InChI is InChI=1S/C13H19NO3/c1-9-3-4-12(17-2)11(5-9)6-10(8-14)7-13(15)16/h3-5,10H,6-8,14H2,1-2H3,(H,15,16). The molecule has 1 atom stereocenters. The van der Waals surface area contributed by atoms with Gasteiger partial charge in [0, 0.05) is 6.42 Å². The van der Waals surface area contributed by atoms with Gasteiger partial charge < -0.3 is 15.6 Å². The van der Waals surface area contributed by atoms with E-state index in [1.165, 1.54) is 0 Å². The van der Waals surface area contributed by atoms with Gasteiger partial charge in [-0.3, -0.25) is 4.79 Å². The van der Waals surface area contributed by atoms with Crippen LogP contribution in [-0.2, 0) is 11.2 Å². The molecule has 0 amide bonds. The number of hydrogen-bond donors (Lipinski definition) is 2. The molecule has 94 valence electrons. The second-order valence-corrected chi connectivity index (χ2v) is 4.22. The number of nitrogens with two attached hydrogens (primary N) is 1. The second kappa shape index (κ2) is 6.25. The van der Waals surface area contributed by atoms with Gasteiger partial charge in [-0.1, -0.05) is 17.7 Å². The van der Waals surface area contributed by atoms with Gasteiger partial charge in [-0.15, -0.1) is 0 Å². The summed E-state index contributed by atoms with van der Waals surface area (Å²) in [4.78, 5) is 10.7. The molecule has 3 N–H and O–H groups in total. The van der Waals surface area contributed by atoms with E-state index in [4.69, 9.17) is 15.6 Å². The van der Waals surface area contributed by atoms with E-state index in [-0.39, 0.29) is 12.3 Å². The zero-order valence-corrected chi connectivity index (χ0v) is 10.3. The summed E-state index contributed by atoms with van der Waals surface area (Å²) in [6, 6.07) is 5.89. The Hall–Kier alpha value is -1.55. The molecule has 0 heterocycles. The lowest BCUT2D eigenvalue weighted by Crippen LogP contribution is -2.20. The van der Waals surface area contributed by atoms with Gasteiger partial charge in [0.05, 0.1) is 7.11 Å². The Morgan fingerprint density at radius 2 is 2.24 bits per heavy atom. The Morgan fingerprint density at radius 3 is 2.76 bits per heavy atom. The van der Waals surface area contributed by atoms with Gasteiger partial charge in [-0.05, 0) is 37.4 Å². The van der Waals surface area contributed by atoms with Crippen LogP contribution in [0.2, 0.25) is 0 Å². The van der Waals surface area contributed by atoms with E-state index >= 15 is 0 Å². The van der Waals surface area contributed by atoms with Crippen molar-refractivity contribution in [3.05, 3.63) is 29.3 Å². The first kappa shape index (κ1) is 13.5. The molecule has 0 radical (unpaired) electrons. The van der Waals surface area contributed by atoms with Crippen LogP contribution in [0.5, 0.6) is 5.75 Å². The van der Waals surface area contributed by atoms with Crippen LogP contribution in [-0.4, -0.2) is 24.7 Å². The fraction of sp³-hybridized carbons (Fsp3) is 0.462. The third-order valence-corrected chi connectivity index (χ3v) is 2.74. The molecule has 0 aromatic heterocycles. The van der Waals surface area contributed by atoms with E-state index in [2.05, 4.69) is 0 Å². The molecule has 0 aliphatic heterocycles. The van der Waals surface area contributed by atoms with Crippen LogP contribution in [0.1, 0.15) is 17.5 Å². The summed E-state index contributed by atoms with van der Waals surface area (Å²) < 4.78 is 5.26. The van der Waals surface area contributed by atoms with Crippen molar-refractivity contribution in [2.45, 2.75) is 19.8 Å². The van der Waals surface area contributed by atoms with Crippen LogP contribution >= 0.6 is 0 Å². The van der Waals surface area contributed by atoms with Crippen LogP contribution in [0.4, 0.5) is 0 Å². The minimum absolute atomic E-state index is 0.0526. The lowest BCUT2D eigenvalue weighted by molar-refractivity contribution is -0.138. The van der Waals surface area contributed by atoms with Crippen molar-refractivity contribution in [3.63, 3.8) is 0 Å². The van der Waals surface area contributed by atoms with E-state index in [0.29, 0.717) is 13.0 Å². The highest BCUT2D eigenvalue weighted by atomic mass is 16.5. The lowest BCUT2D eigenvalue weighted by Gasteiger charge is -2.15. The quantitative estimate of drug-likeness (QED) is 0.788. The average molecular weight is 237 g/mol. The maximum atomic E-state index is 10.7. The number of methoxy groups -OCH3 is 1. The van der Waals surface area contributed by atoms with Gasteiger partial charge in [0.2, 0.25) is 0 Å². The van der Waals surface area contributed by atoms with Crippen LogP contribution in [0.15, 0.2) is 18.2 Å². The third-order valence-electron chi connectivity index (χ3n) is 2.74. The zero-order chi connectivity index (χ0) is 12.8. The summed E-state index contributed by atoms with van der Waals surface area (Å²) in [5.74, 6) is -0.0743. The van der Waals surface area contributed by atoms with Gasteiger partial charge >= 0.3 is 5.97 Å². The summed E-state index contributed by atoms with van der Waals surface area (Å²) in [6.07, 6.45) is 0.723. The van der Waals surface area contributed by atoms with Crippen molar-refractivity contribution in [2.75, 3.05) is 13.7 Å². The molecule has 4 heteroatoms. The fourth-order valence-electron chi connectivity index (χ4n) is 1.86. The SMILES string of the molecule is COc1ccc(C)cc1CC(CN)CC(=O)O. The summed E-state index contributed by atoms with van der Waals surface area (Å²) in [6.45, 7) is 2.36. The maximum Gasteiger partial charge on any atom is 0.303 e. The number of carbonyl (C=O) groups is 1. The smallest absolute Gasteiger partial charge is 0.303 e. The topological polar surface area (TPSA) is 72.5 Å².